The van der Waals surface area contributed by atoms with Crippen LogP contribution in [0.1, 0.15) is 5.82 Å². The van der Waals surface area contributed by atoms with Gasteiger partial charge >= 0.3 is 0 Å². The Morgan fingerprint density at radius 3 is 2.50 bits per heavy atom. The van der Waals surface area contributed by atoms with Crippen LogP contribution in [0.3, 0.4) is 0 Å². The zero-order valence-corrected chi connectivity index (χ0v) is 15.9. The predicted molar refractivity (Wildman–Crippen MR) is 116 cm³/mol. The first-order valence-electron chi connectivity index (χ1n) is 8.66. The van der Waals surface area contributed by atoms with E-state index in [1.54, 1.807) is 36.5 Å². The molecular formula is C14H19B5N4O3. The van der Waals surface area contributed by atoms with Crippen molar-refractivity contribution >= 4 is 78.6 Å². The molecule has 3 rings (SSSR count). The summed E-state index contributed by atoms with van der Waals surface area (Å²) in [6.45, 7) is 1.70. The maximum Gasteiger partial charge on any atom is 0.263 e. The van der Waals surface area contributed by atoms with Gasteiger partial charge in [-0.2, -0.15) is 0 Å². The second-order valence-corrected chi connectivity index (χ2v) is 7.47. The zero-order chi connectivity index (χ0) is 19.5. The smallest absolute Gasteiger partial charge is 0.263 e. The Balaban J connectivity index is 2.41. The first-order chi connectivity index (χ1) is 12.0. The van der Waals surface area contributed by atoms with Crippen molar-refractivity contribution in [3.8, 4) is 0 Å². The molecule has 0 spiro atoms. The highest BCUT2D eigenvalue weighted by molar-refractivity contribution is 6.52. The van der Waals surface area contributed by atoms with Gasteiger partial charge in [0.2, 0.25) is 11.8 Å². The third kappa shape index (κ3) is 2.27. The number of nitrogens with zero attached hydrogens (tertiary/aromatic N) is 2. The van der Waals surface area contributed by atoms with E-state index >= 15 is 0 Å². The van der Waals surface area contributed by atoms with E-state index in [1.807, 2.05) is 15.7 Å². The Morgan fingerprint density at radius 1 is 1.27 bits per heavy atom. The standard InChI is InChI=1S/C14H19B5N4O3/c1-3-21-9-6(5(20)2-4(15)7(9)16)12(25)23(3)14(19)10(18)8(17)11(24)22-13(14)26/h2,8,10H,15-20H2,1H3,(H,22,24,26). The molecule has 2 heterocycles. The molecule has 1 aliphatic rings. The molecule has 2 amide bonds. The summed E-state index contributed by atoms with van der Waals surface area (Å²) in [5.74, 6) is -1.21. The number of benzene rings is 1. The Kier molecular flexibility index (Phi) is 4.12. The molecule has 7 nitrogen and oxygen atoms in total. The average molecular weight is 345 g/mol. The molecule has 1 saturated heterocycles. The number of hydrogen-bond acceptors (Lipinski definition) is 5. The van der Waals surface area contributed by atoms with Crippen LogP contribution in [0, 0.1) is 6.92 Å². The molecule has 0 bridgehead atoms. The maximum atomic E-state index is 13.4. The second-order valence-electron chi connectivity index (χ2n) is 7.47. The summed E-state index contributed by atoms with van der Waals surface area (Å²) in [4.78, 5) is 42.8. The largest absolute Gasteiger partial charge is 0.398 e. The summed E-state index contributed by atoms with van der Waals surface area (Å²) in [5, 5.41) is 2.70. The highest BCUT2D eigenvalue weighted by atomic mass is 16.2. The van der Waals surface area contributed by atoms with Crippen LogP contribution in [0.4, 0.5) is 5.69 Å². The van der Waals surface area contributed by atoms with Gasteiger partial charge in [0.25, 0.3) is 5.56 Å². The van der Waals surface area contributed by atoms with Gasteiger partial charge < -0.3 is 5.73 Å². The molecule has 3 unspecified atom stereocenters. The molecule has 12 heteroatoms. The third-order valence-corrected chi connectivity index (χ3v) is 6.07. The average Bonchev–Trinajstić information content (AvgIpc) is 2.56. The van der Waals surface area contributed by atoms with Crippen molar-refractivity contribution in [2.75, 3.05) is 5.73 Å². The van der Waals surface area contributed by atoms with Gasteiger partial charge in [0, 0.05) is 11.5 Å². The number of aryl methyl sites for hydroxylation is 1. The quantitative estimate of drug-likeness (QED) is 0.304. The summed E-state index contributed by atoms with van der Waals surface area (Å²) in [6.07, 6.45) is 0. The molecule has 1 fully saturated rings. The van der Waals surface area contributed by atoms with E-state index in [0.29, 0.717) is 22.4 Å². The number of nitrogens with two attached hydrogens (primary N) is 1. The molecule has 3 atom stereocenters. The normalized spacial score (nSPS) is 26.0. The van der Waals surface area contributed by atoms with Gasteiger partial charge in [-0.05, 0) is 18.8 Å². The van der Waals surface area contributed by atoms with Gasteiger partial charge in [-0.3, -0.25) is 24.3 Å². The number of fused-ring (bicyclic) bond motifs is 1. The van der Waals surface area contributed by atoms with E-state index in [-0.39, 0.29) is 17.3 Å². The summed E-state index contributed by atoms with van der Waals surface area (Å²) in [7, 11) is 9.04. The van der Waals surface area contributed by atoms with Crippen molar-refractivity contribution < 1.29 is 9.59 Å². The Bertz CT molecular complexity index is 1040. The predicted octanol–water partition coefficient (Wildman–Crippen LogP) is -6.41. The van der Waals surface area contributed by atoms with Crippen molar-refractivity contribution in [1.29, 1.82) is 0 Å². The van der Waals surface area contributed by atoms with Crippen molar-refractivity contribution in [2.45, 2.75) is 24.0 Å². The highest BCUT2D eigenvalue weighted by Crippen LogP contribution is 2.38. The van der Waals surface area contributed by atoms with E-state index in [9.17, 15) is 14.4 Å². The number of nitrogens with one attached hydrogen (secondary N) is 1. The molecule has 128 valence electrons. The summed E-state index contributed by atoms with van der Waals surface area (Å²) < 4.78 is 1.39. The monoisotopic (exact) mass is 346 g/mol. The number of carbonyl (C=O) groups is 2. The van der Waals surface area contributed by atoms with Crippen molar-refractivity contribution in [2.24, 2.45) is 0 Å². The van der Waals surface area contributed by atoms with Gasteiger partial charge in [-0.1, -0.05) is 10.9 Å². The van der Waals surface area contributed by atoms with Crippen molar-refractivity contribution in [3.63, 3.8) is 0 Å². The van der Waals surface area contributed by atoms with Crippen LogP contribution in [0.2, 0.25) is 11.6 Å². The van der Waals surface area contributed by atoms with Crippen LogP contribution < -0.4 is 27.5 Å². The van der Waals surface area contributed by atoms with Gasteiger partial charge in [-0.15, -0.1) is 0 Å². The number of imide groups is 1. The van der Waals surface area contributed by atoms with Gasteiger partial charge in [0.15, 0.2) is 0 Å². The molecule has 1 aromatic heterocycles. The van der Waals surface area contributed by atoms with Gasteiger partial charge in [0.05, 0.1) is 16.3 Å². The number of rotatable bonds is 1. The molecule has 3 N–H and O–H groups in total. The number of amides is 2. The first kappa shape index (κ1) is 18.4. The second kappa shape index (κ2) is 5.82. The Labute approximate surface area is 155 Å². The van der Waals surface area contributed by atoms with E-state index in [2.05, 4.69) is 10.3 Å². The number of aromatic nitrogens is 2. The van der Waals surface area contributed by atoms with E-state index in [1.165, 1.54) is 4.57 Å². The fourth-order valence-electron chi connectivity index (χ4n) is 3.88. The topological polar surface area (TPSA) is 107 Å². The number of hydrogen-bond donors (Lipinski definition) is 2. The van der Waals surface area contributed by atoms with Crippen molar-refractivity contribution in [3.05, 3.63) is 22.2 Å². The lowest BCUT2D eigenvalue weighted by atomic mass is 9.49. The molecule has 26 heavy (non-hydrogen) atoms. The molecular weight excluding hydrogens is 326 g/mol. The van der Waals surface area contributed by atoms with E-state index < -0.39 is 17.2 Å². The van der Waals surface area contributed by atoms with Gasteiger partial charge in [-0.25, -0.2) is 4.98 Å². The van der Waals surface area contributed by atoms with Crippen LogP contribution in [0.25, 0.3) is 10.9 Å². The SMILES string of the molecule is Bc1cc(N)c2c(=O)n(C3(B)C(=O)NC(=O)C(B)C3B)c(C)nc2c1B. The van der Waals surface area contributed by atoms with Gasteiger partial charge in [0.1, 0.15) is 45.1 Å². The summed E-state index contributed by atoms with van der Waals surface area (Å²) >= 11 is 0. The van der Waals surface area contributed by atoms with E-state index in [0.717, 1.165) is 10.9 Å². The molecule has 0 saturated carbocycles. The maximum absolute atomic E-state index is 13.4. The van der Waals surface area contributed by atoms with Crippen LogP contribution in [-0.4, -0.2) is 60.6 Å². The number of piperidine rings is 1. The minimum absolute atomic E-state index is 0.310. The highest BCUT2D eigenvalue weighted by Gasteiger charge is 2.50. The minimum Gasteiger partial charge on any atom is -0.398 e. The molecule has 0 aliphatic carbocycles. The number of anilines is 1. The summed E-state index contributed by atoms with van der Waals surface area (Å²) in [6, 6.07) is 1.75. The number of nitrogen functional groups attached to an aromatic ring is 1. The Morgan fingerprint density at radius 2 is 1.88 bits per heavy atom. The van der Waals surface area contributed by atoms with Crippen molar-refractivity contribution in [1.82, 2.24) is 14.9 Å². The molecule has 1 aliphatic heterocycles. The molecule has 0 radical (unpaired) electrons. The van der Waals surface area contributed by atoms with Crippen LogP contribution in [0.15, 0.2) is 10.9 Å². The van der Waals surface area contributed by atoms with E-state index in [4.69, 9.17) is 5.73 Å². The summed E-state index contributed by atoms with van der Waals surface area (Å²) in [5.41, 5.74) is 7.26. The fourth-order valence-corrected chi connectivity index (χ4v) is 3.88. The lowest BCUT2D eigenvalue weighted by Crippen LogP contribution is -2.63. The fraction of sp³-hybridized carbons (Fsp3) is 0.286. The Hall–Kier alpha value is -2.38. The molecule has 1 aromatic carbocycles. The third-order valence-electron chi connectivity index (χ3n) is 6.07. The lowest BCUT2D eigenvalue weighted by Gasteiger charge is -2.43. The van der Waals surface area contributed by atoms with Crippen LogP contribution in [0.5, 0.6) is 0 Å². The van der Waals surface area contributed by atoms with Crippen LogP contribution >= 0.6 is 0 Å². The molecule has 2 aromatic rings. The first-order valence-corrected chi connectivity index (χ1v) is 8.66. The lowest BCUT2D eigenvalue weighted by molar-refractivity contribution is -0.137. The number of carbonyl (C=O) groups excluding carboxylic acids is 2. The zero-order valence-electron chi connectivity index (χ0n) is 15.9. The minimum atomic E-state index is -1.24. The van der Waals surface area contributed by atoms with Crippen LogP contribution in [-0.2, 0) is 15.0 Å².